The number of hydrogen-bond donors (Lipinski definition) is 2. The molecule has 0 radical (unpaired) electrons. The molecular formula is C17H17ClN2O. The minimum Gasteiger partial charge on any atom is -0.508 e. The summed E-state index contributed by atoms with van der Waals surface area (Å²) in [6.45, 7) is 4.16. The van der Waals surface area contributed by atoms with Crippen molar-refractivity contribution < 1.29 is 5.11 Å². The number of aryl methyl sites for hydroxylation is 2. The van der Waals surface area contributed by atoms with Gasteiger partial charge in [0.15, 0.2) is 0 Å². The molecule has 0 aliphatic rings. The normalized spacial score (nSPS) is 10.2. The molecule has 0 atom stereocenters. The average Bonchev–Trinajstić information content (AvgIpc) is 2.43. The number of benzene rings is 2. The lowest BCUT2D eigenvalue weighted by Crippen LogP contribution is -1.96. The molecule has 0 spiro atoms. The Morgan fingerprint density at radius 2 is 1.67 bits per heavy atom. The summed E-state index contributed by atoms with van der Waals surface area (Å²) in [7, 11) is 0. The molecule has 21 heavy (non-hydrogen) atoms. The van der Waals surface area contributed by atoms with Crippen molar-refractivity contribution in [1.29, 1.82) is 0 Å². The monoisotopic (exact) mass is 300 g/mol. The van der Waals surface area contributed by atoms with Crippen molar-refractivity contribution in [3.63, 3.8) is 0 Å². The van der Waals surface area contributed by atoms with Crippen molar-refractivity contribution in [2.24, 2.45) is 0 Å². The van der Waals surface area contributed by atoms with Gasteiger partial charge in [0.1, 0.15) is 11.6 Å². The summed E-state index contributed by atoms with van der Waals surface area (Å²) in [4.78, 5) is 4.68. The minimum atomic E-state index is 0. The molecule has 0 aliphatic heterocycles. The van der Waals surface area contributed by atoms with E-state index in [1.54, 1.807) is 12.1 Å². The van der Waals surface area contributed by atoms with Gasteiger partial charge in [0.05, 0.1) is 5.52 Å². The number of anilines is 2. The molecule has 0 fully saturated rings. The number of fused-ring (bicyclic) bond motifs is 1. The molecule has 3 aromatic rings. The van der Waals surface area contributed by atoms with E-state index in [-0.39, 0.29) is 18.2 Å². The van der Waals surface area contributed by atoms with Gasteiger partial charge in [-0.2, -0.15) is 0 Å². The number of nitrogens with zero attached hydrogens (tertiary/aromatic N) is 1. The topological polar surface area (TPSA) is 45.1 Å². The predicted octanol–water partition coefficient (Wildman–Crippen LogP) is 4.72. The zero-order valence-corrected chi connectivity index (χ0v) is 12.7. The van der Waals surface area contributed by atoms with Gasteiger partial charge in [0.25, 0.3) is 0 Å². The van der Waals surface area contributed by atoms with E-state index in [0.29, 0.717) is 0 Å². The van der Waals surface area contributed by atoms with Crippen LogP contribution in [0.25, 0.3) is 10.9 Å². The van der Waals surface area contributed by atoms with Crippen LogP contribution in [0.3, 0.4) is 0 Å². The van der Waals surface area contributed by atoms with Gasteiger partial charge in [-0.25, -0.2) is 4.98 Å². The second-order valence-corrected chi connectivity index (χ2v) is 4.97. The van der Waals surface area contributed by atoms with E-state index in [0.717, 1.165) is 17.0 Å². The molecule has 3 rings (SSSR count). The SMILES string of the molecule is Cc1cc(Nc2ccc(O)cc2)nc2c(C)cccc12.Cl. The second-order valence-electron chi connectivity index (χ2n) is 4.97. The van der Waals surface area contributed by atoms with Gasteiger partial charge in [0, 0.05) is 11.1 Å². The van der Waals surface area contributed by atoms with E-state index in [2.05, 4.69) is 42.3 Å². The lowest BCUT2D eigenvalue weighted by atomic mass is 10.1. The summed E-state index contributed by atoms with van der Waals surface area (Å²) in [5.74, 6) is 1.07. The maximum Gasteiger partial charge on any atom is 0.131 e. The van der Waals surface area contributed by atoms with Crippen molar-refractivity contribution >= 4 is 34.8 Å². The fraction of sp³-hybridized carbons (Fsp3) is 0.118. The number of rotatable bonds is 2. The van der Waals surface area contributed by atoms with Crippen LogP contribution in [0.1, 0.15) is 11.1 Å². The molecule has 0 bridgehead atoms. The van der Waals surface area contributed by atoms with Crippen LogP contribution in [0, 0.1) is 13.8 Å². The Morgan fingerprint density at radius 1 is 0.952 bits per heavy atom. The van der Waals surface area contributed by atoms with Crippen LogP contribution >= 0.6 is 12.4 Å². The van der Waals surface area contributed by atoms with Gasteiger partial charge < -0.3 is 10.4 Å². The zero-order valence-electron chi connectivity index (χ0n) is 11.9. The number of phenols is 1. The summed E-state index contributed by atoms with van der Waals surface area (Å²) in [5.41, 5.74) is 4.29. The Kier molecular flexibility index (Phi) is 4.34. The lowest BCUT2D eigenvalue weighted by Gasteiger charge is -2.10. The molecule has 4 heteroatoms. The quantitative estimate of drug-likeness (QED) is 0.673. The summed E-state index contributed by atoms with van der Waals surface area (Å²) in [6, 6.07) is 15.2. The van der Waals surface area contributed by atoms with Crippen LogP contribution in [-0.4, -0.2) is 10.1 Å². The van der Waals surface area contributed by atoms with Crippen LogP contribution in [0.2, 0.25) is 0 Å². The van der Waals surface area contributed by atoms with Crippen molar-refractivity contribution in [3.8, 4) is 5.75 Å². The summed E-state index contributed by atoms with van der Waals surface area (Å²) in [6.07, 6.45) is 0. The highest BCUT2D eigenvalue weighted by Crippen LogP contribution is 2.25. The summed E-state index contributed by atoms with van der Waals surface area (Å²) in [5, 5.41) is 13.8. The molecule has 2 aromatic carbocycles. The minimum absolute atomic E-state index is 0. The molecule has 108 valence electrons. The maximum atomic E-state index is 9.30. The van der Waals surface area contributed by atoms with Crippen LogP contribution in [0.5, 0.6) is 5.75 Å². The lowest BCUT2D eigenvalue weighted by molar-refractivity contribution is 0.475. The van der Waals surface area contributed by atoms with Crippen LogP contribution in [0.15, 0.2) is 48.5 Å². The first-order valence-corrected chi connectivity index (χ1v) is 6.56. The molecule has 0 saturated carbocycles. The zero-order chi connectivity index (χ0) is 14.1. The number of hydrogen-bond acceptors (Lipinski definition) is 3. The van der Waals surface area contributed by atoms with Crippen molar-refractivity contribution in [3.05, 3.63) is 59.7 Å². The molecule has 0 saturated heterocycles. The molecular weight excluding hydrogens is 284 g/mol. The van der Waals surface area contributed by atoms with Gasteiger partial charge in [-0.1, -0.05) is 18.2 Å². The van der Waals surface area contributed by atoms with Crippen LogP contribution < -0.4 is 5.32 Å². The first-order valence-electron chi connectivity index (χ1n) is 6.56. The Hall–Kier alpha value is -2.26. The van der Waals surface area contributed by atoms with Gasteiger partial charge >= 0.3 is 0 Å². The van der Waals surface area contributed by atoms with E-state index >= 15 is 0 Å². The molecule has 2 N–H and O–H groups in total. The Morgan fingerprint density at radius 3 is 2.38 bits per heavy atom. The van der Waals surface area contributed by atoms with E-state index in [4.69, 9.17) is 0 Å². The van der Waals surface area contributed by atoms with Gasteiger partial charge in [-0.05, 0) is 55.3 Å². The second kappa shape index (κ2) is 6.02. The third-order valence-corrected chi connectivity index (χ3v) is 3.39. The highest BCUT2D eigenvalue weighted by Gasteiger charge is 2.05. The van der Waals surface area contributed by atoms with Gasteiger partial charge in [0.2, 0.25) is 0 Å². The standard InChI is InChI=1S/C17H16N2O.ClH/c1-11-4-3-5-15-12(2)10-16(19-17(11)15)18-13-6-8-14(20)9-7-13;/h3-10,20H,1-2H3,(H,18,19);1H. The van der Waals surface area contributed by atoms with Gasteiger partial charge in [-0.3, -0.25) is 0 Å². The van der Waals surface area contributed by atoms with E-state index in [9.17, 15) is 5.11 Å². The number of halogens is 1. The maximum absolute atomic E-state index is 9.30. The van der Waals surface area contributed by atoms with E-state index in [1.807, 2.05) is 18.2 Å². The molecule has 3 nitrogen and oxygen atoms in total. The molecule has 0 unspecified atom stereocenters. The average molecular weight is 301 g/mol. The summed E-state index contributed by atoms with van der Waals surface area (Å²) < 4.78 is 0. The van der Waals surface area contributed by atoms with Crippen LogP contribution in [0.4, 0.5) is 11.5 Å². The number of aromatic nitrogens is 1. The Balaban J connectivity index is 0.00000161. The predicted molar refractivity (Wildman–Crippen MR) is 89.9 cm³/mol. The van der Waals surface area contributed by atoms with E-state index in [1.165, 1.54) is 16.5 Å². The first-order chi connectivity index (χ1) is 9.63. The highest BCUT2D eigenvalue weighted by molar-refractivity contribution is 5.86. The van der Waals surface area contributed by atoms with Crippen LogP contribution in [-0.2, 0) is 0 Å². The molecule has 0 aliphatic carbocycles. The fourth-order valence-corrected chi connectivity index (χ4v) is 2.32. The number of pyridine rings is 1. The largest absolute Gasteiger partial charge is 0.508 e. The van der Waals surface area contributed by atoms with Crippen molar-refractivity contribution in [2.45, 2.75) is 13.8 Å². The number of phenolic OH excluding ortho intramolecular Hbond substituents is 1. The Labute approximate surface area is 130 Å². The van der Waals surface area contributed by atoms with E-state index < -0.39 is 0 Å². The number of para-hydroxylation sites is 1. The first kappa shape index (κ1) is 15.1. The molecule has 0 amide bonds. The van der Waals surface area contributed by atoms with Gasteiger partial charge in [-0.15, -0.1) is 12.4 Å². The number of aromatic hydroxyl groups is 1. The fourth-order valence-electron chi connectivity index (χ4n) is 2.32. The molecule has 1 heterocycles. The smallest absolute Gasteiger partial charge is 0.131 e. The van der Waals surface area contributed by atoms with Crippen molar-refractivity contribution in [1.82, 2.24) is 4.98 Å². The number of nitrogens with one attached hydrogen (secondary N) is 1. The third kappa shape index (κ3) is 3.09. The molecule has 1 aromatic heterocycles. The van der Waals surface area contributed by atoms with Crippen molar-refractivity contribution in [2.75, 3.05) is 5.32 Å². The summed E-state index contributed by atoms with van der Waals surface area (Å²) >= 11 is 0. The Bertz CT molecular complexity index is 770. The third-order valence-electron chi connectivity index (χ3n) is 3.39. The highest BCUT2D eigenvalue weighted by atomic mass is 35.5.